The van der Waals surface area contributed by atoms with E-state index in [4.69, 9.17) is 10.7 Å². The molecule has 40 heavy (non-hydrogen) atoms. The fourth-order valence-corrected chi connectivity index (χ4v) is 6.45. The number of nitrogen functional groups attached to an aromatic ring is 1. The van der Waals surface area contributed by atoms with E-state index in [1.54, 1.807) is 11.3 Å². The molecule has 3 nitrogen and oxygen atoms in total. The highest BCUT2D eigenvalue weighted by Crippen LogP contribution is 2.43. The SMILES string of the molecule is C=C=C=C=C=C.C=C=C=C=C=C=C.Nc1c(S(=O)CCCF)sc2nc(-c3cccs3)cc(-c3ccccc3)c12. The van der Waals surface area contributed by atoms with E-state index < -0.39 is 17.5 Å². The number of hydrogen-bond acceptors (Lipinski definition) is 5. The highest BCUT2D eigenvalue weighted by molar-refractivity contribution is 7.87. The van der Waals surface area contributed by atoms with Gasteiger partial charge < -0.3 is 5.73 Å². The Labute approximate surface area is 244 Å². The molecule has 4 rings (SSSR count). The molecule has 0 saturated heterocycles. The monoisotopic (exact) mass is 580 g/mol. The standard InChI is InChI=1S/C20H17FN2OS3.C7H4.C6H4/c21-9-5-11-27(24)20-18(22)17-14(13-6-2-1-3-7-13)12-15(23-19(17)26-20)16-8-4-10-25-16;1-3-5-7-6-4-2;1-3-5-6-4-2/h1-4,6-8,10,12H,5,9,11,22H2;1-2H2;1-2H2. The Morgan fingerprint density at radius 1 is 0.900 bits per heavy atom. The predicted octanol–water partition coefficient (Wildman–Crippen LogP) is 8.74. The molecule has 1 unspecified atom stereocenters. The Morgan fingerprint density at radius 3 is 2.08 bits per heavy atom. The van der Waals surface area contributed by atoms with Gasteiger partial charge in [0.2, 0.25) is 0 Å². The molecule has 3 aromatic heterocycles. The molecule has 1 atom stereocenters. The Morgan fingerprint density at radius 2 is 1.52 bits per heavy atom. The van der Waals surface area contributed by atoms with Crippen LogP contribution in [0.3, 0.4) is 0 Å². The second-order valence-corrected chi connectivity index (χ2v) is 11.0. The third kappa shape index (κ3) is 9.31. The van der Waals surface area contributed by atoms with Crippen molar-refractivity contribution in [1.29, 1.82) is 0 Å². The third-order valence-electron chi connectivity index (χ3n) is 4.73. The van der Waals surface area contributed by atoms with Gasteiger partial charge in [-0.3, -0.25) is 8.60 Å². The van der Waals surface area contributed by atoms with E-state index in [0.717, 1.165) is 31.9 Å². The summed E-state index contributed by atoms with van der Waals surface area (Å²) in [7, 11) is -1.32. The molecule has 0 fully saturated rings. The van der Waals surface area contributed by atoms with Crippen LogP contribution in [0.4, 0.5) is 10.1 Å². The van der Waals surface area contributed by atoms with Gasteiger partial charge in [0.25, 0.3) is 0 Å². The minimum absolute atomic E-state index is 0.264. The summed E-state index contributed by atoms with van der Waals surface area (Å²) < 4.78 is 25.7. The van der Waals surface area contributed by atoms with E-state index >= 15 is 0 Å². The molecule has 0 radical (unpaired) electrons. The lowest BCUT2D eigenvalue weighted by Crippen LogP contribution is -2.00. The van der Waals surface area contributed by atoms with E-state index in [1.165, 1.54) is 11.3 Å². The van der Waals surface area contributed by atoms with Crippen molar-refractivity contribution in [1.82, 2.24) is 4.98 Å². The number of nitrogens with zero attached hydrogens (tertiary/aromatic N) is 1. The van der Waals surface area contributed by atoms with Crippen LogP contribution in [0.2, 0.25) is 0 Å². The van der Waals surface area contributed by atoms with Gasteiger partial charge in [-0.2, -0.15) is 0 Å². The van der Waals surface area contributed by atoms with E-state index in [2.05, 4.69) is 77.9 Å². The summed E-state index contributed by atoms with van der Waals surface area (Å²) in [6.45, 7) is 12.5. The molecule has 0 bridgehead atoms. The maximum Gasteiger partial charge on any atom is 0.127 e. The number of alkyl halides is 1. The normalized spacial score (nSPS) is 9.53. The van der Waals surface area contributed by atoms with Crippen molar-refractivity contribution in [3.05, 3.63) is 132 Å². The van der Waals surface area contributed by atoms with Crippen molar-refractivity contribution < 1.29 is 8.60 Å². The van der Waals surface area contributed by atoms with Crippen LogP contribution in [0.1, 0.15) is 6.42 Å². The highest BCUT2D eigenvalue weighted by atomic mass is 32.2. The van der Waals surface area contributed by atoms with Gasteiger partial charge in [-0.15, -0.1) is 22.7 Å². The van der Waals surface area contributed by atoms with E-state index in [0.29, 0.717) is 9.90 Å². The lowest BCUT2D eigenvalue weighted by molar-refractivity contribution is 0.488. The topological polar surface area (TPSA) is 56.0 Å². The van der Waals surface area contributed by atoms with Crippen LogP contribution in [-0.2, 0) is 10.8 Å². The van der Waals surface area contributed by atoms with Gasteiger partial charge in [0.05, 0.1) is 33.7 Å². The number of aromatic nitrogens is 1. The van der Waals surface area contributed by atoms with Crippen LogP contribution < -0.4 is 5.73 Å². The molecule has 1 aromatic carbocycles. The predicted molar refractivity (Wildman–Crippen MR) is 169 cm³/mol. The summed E-state index contributed by atoms with van der Waals surface area (Å²) in [4.78, 5) is 6.62. The quantitative estimate of drug-likeness (QED) is 0.232. The second-order valence-electron chi connectivity index (χ2n) is 7.31. The number of fused-ring (bicyclic) bond motifs is 1. The molecule has 0 aliphatic carbocycles. The molecular weight excluding hydrogens is 556 g/mol. The number of nitrogens with two attached hydrogens (primary N) is 1. The van der Waals surface area contributed by atoms with E-state index in [-0.39, 0.29) is 12.2 Å². The largest absolute Gasteiger partial charge is 0.396 e. The highest BCUT2D eigenvalue weighted by Gasteiger charge is 2.21. The van der Waals surface area contributed by atoms with E-state index in [9.17, 15) is 8.60 Å². The van der Waals surface area contributed by atoms with Crippen LogP contribution in [-0.4, -0.2) is 21.6 Å². The third-order valence-corrected chi connectivity index (χ3v) is 8.62. The van der Waals surface area contributed by atoms with Crippen molar-refractivity contribution in [2.45, 2.75) is 10.6 Å². The summed E-state index contributed by atoms with van der Waals surface area (Å²) >= 11 is 2.97. The zero-order valence-corrected chi connectivity index (χ0v) is 24.1. The van der Waals surface area contributed by atoms with Crippen molar-refractivity contribution in [2.24, 2.45) is 0 Å². The molecule has 0 aliphatic heterocycles. The molecule has 2 N–H and O–H groups in total. The number of halogens is 1. The van der Waals surface area contributed by atoms with Crippen LogP contribution in [0, 0.1) is 0 Å². The minimum Gasteiger partial charge on any atom is -0.396 e. The molecule has 7 heteroatoms. The Bertz CT molecular complexity index is 1760. The van der Waals surface area contributed by atoms with Crippen LogP contribution >= 0.6 is 22.7 Å². The van der Waals surface area contributed by atoms with Gasteiger partial charge in [0.1, 0.15) is 9.04 Å². The Kier molecular flexibility index (Phi) is 14.1. The summed E-state index contributed by atoms with van der Waals surface area (Å²) in [5, 5.41) is 2.85. The van der Waals surface area contributed by atoms with Gasteiger partial charge >= 0.3 is 0 Å². The first-order chi connectivity index (χ1) is 19.5. The number of pyridine rings is 1. The van der Waals surface area contributed by atoms with Crippen molar-refractivity contribution >= 4 is 49.4 Å². The average molecular weight is 581 g/mol. The first-order valence-corrected chi connectivity index (χ1v) is 14.6. The number of benzene rings is 1. The molecule has 4 aromatic rings. The molecule has 0 saturated carbocycles. The maximum atomic E-state index is 12.6. The van der Waals surface area contributed by atoms with Gasteiger partial charge in [-0.1, -0.05) is 59.3 Å². The Balaban J connectivity index is 0.000000360. The summed E-state index contributed by atoms with van der Waals surface area (Å²) in [6, 6.07) is 16.1. The van der Waals surface area contributed by atoms with Gasteiger partial charge in [-0.05, 0) is 90.0 Å². The van der Waals surface area contributed by atoms with Crippen LogP contribution in [0.15, 0.2) is 136 Å². The number of anilines is 1. The summed E-state index contributed by atoms with van der Waals surface area (Å²) in [6.07, 6.45) is 0.264. The van der Waals surface area contributed by atoms with Crippen LogP contribution in [0.25, 0.3) is 31.9 Å². The smallest absolute Gasteiger partial charge is 0.127 e. The number of hydrogen-bond donors (Lipinski definition) is 1. The molecule has 198 valence electrons. The summed E-state index contributed by atoms with van der Waals surface area (Å²) in [5.74, 6) is 0.270. The number of thiophene rings is 2. The Hall–Kier alpha value is -4.59. The van der Waals surface area contributed by atoms with Crippen LogP contribution in [0.5, 0.6) is 0 Å². The van der Waals surface area contributed by atoms with Crippen molar-refractivity contribution in [3.63, 3.8) is 0 Å². The first-order valence-electron chi connectivity index (χ1n) is 11.6. The maximum absolute atomic E-state index is 12.6. The molecule has 0 spiro atoms. The summed E-state index contributed by atoms with van der Waals surface area (Å²) in [5.41, 5.74) is 31.3. The van der Waals surface area contributed by atoms with Gasteiger partial charge in [0, 0.05) is 11.1 Å². The second kappa shape index (κ2) is 17.8. The zero-order valence-electron chi connectivity index (χ0n) is 21.7. The molecule has 0 aliphatic rings. The van der Waals surface area contributed by atoms with E-state index in [1.807, 2.05) is 53.9 Å². The fourth-order valence-electron chi connectivity index (χ4n) is 3.15. The molecule has 3 heterocycles. The molecular formula is C33H25FN2OS3. The zero-order chi connectivity index (χ0) is 29.2. The van der Waals surface area contributed by atoms with Gasteiger partial charge in [-0.25, -0.2) is 4.98 Å². The first kappa shape index (κ1) is 31.6. The fraction of sp³-hybridized carbons (Fsp3) is 0.0909. The molecule has 0 amide bonds. The lowest BCUT2D eigenvalue weighted by atomic mass is 10.0. The van der Waals surface area contributed by atoms with Gasteiger partial charge in [0.15, 0.2) is 0 Å². The van der Waals surface area contributed by atoms with Crippen molar-refractivity contribution in [2.75, 3.05) is 18.2 Å². The lowest BCUT2D eigenvalue weighted by Gasteiger charge is -2.08. The van der Waals surface area contributed by atoms with Crippen molar-refractivity contribution in [3.8, 4) is 21.7 Å². The average Bonchev–Trinajstić information content (AvgIpc) is 3.64. The number of rotatable bonds is 6. The minimum atomic E-state index is -1.32.